The van der Waals surface area contributed by atoms with Crippen molar-refractivity contribution in [2.45, 2.75) is 10.9 Å². The van der Waals surface area contributed by atoms with Gasteiger partial charge in [0.2, 0.25) is 0 Å². The Labute approximate surface area is 186 Å². The van der Waals surface area contributed by atoms with Crippen molar-refractivity contribution in [2.24, 2.45) is 0 Å². The molecule has 1 saturated heterocycles. The predicted molar refractivity (Wildman–Crippen MR) is 116 cm³/mol. The van der Waals surface area contributed by atoms with Crippen LogP contribution in [-0.2, 0) is 20.3 Å². The van der Waals surface area contributed by atoms with Crippen molar-refractivity contribution in [1.29, 1.82) is 0 Å². The molecule has 0 aliphatic carbocycles. The van der Waals surface area contributed by atoms with E-state index in [0.29, 0.717) is 31.2 Å². The Balaban J connectivity index is 1.46. The molecule has 1 aromatic heterocycles. The lowest BCUT2D eigenvalue weighted by atomic mass is 10.3. The molecular formula is C18H22ClN5O4S2. The third kappa shape index (κ3) is 6.91. The van der Waals surface area contributed by atoms with E-state index in [-0.39, 0.29) is 5.75 Å². The third-order valence-corrected chi connectivity index (χ3v) is 6.42. The van der Waals surface area contributed by atoms with E-state index in [0.717, 1.165) is 10.7 Å². The van der Waals surface area contributed by atoms with Crippen molar-refractivity contribution in [3.63, 3.8) is 0 Å². The zero-order valence-corrected chi connectivity index (χ0v) is 18.3. The van der Waals surface area contributed by atoms with Crippen LogP contribution in [0.25, 0.3) is 0 Å². The molecule has 1 fully saturated rings. The molecule has 2 heterocycles. The molecule has 2 aromatic rings. The molecule has 1 aromatic carbocycles. The zero-order chi connectivity index (χ0) is 21.3. The summed E-state index contributed by atoms with van der Waals surface area (Å²) in [5.74, 6) is 0.395. The summed E-state index contributed by atoms with van der Waals surface area (Å²) in [5, 5.41) is 11.1. The molecule has 0 radical (unpaired) electrons. The van der Waals surface area contributed by atoms with Crippen molar-refractivity contribution < 1.29 is 18.5 Å². The highest BCUT2D eigenvalue weighted by atomic mass is 35.5. The lowest BCUT2D eigenvalue weighted by Gasteiger charge is -2.33. The average molecular weight is 472 g/mol. The van der Waals surface area contributed by atoms with Gasteiger partial charge < -0.3 is 4.90 Å². The summed E-state index contributed by atoms with van der Waals surface area (Å²) in [6.07, 6.45) is 1.60. The molecule has 162 valence electrons. The molecule has 3 rings (SSSR count). The molecule has 1 aliphatic rings. The number of nitrogens with one attached hydrogen (secondary N) is 2. The summed E-state index contributed by atoms with van der Waals surface area (Å²) < 4.78 is 20.4. The molecule has 0 saturated carbocycles. The maximum Gasteiger partial charge on any atom is 0.262 e. The second kappa shape index (κ2) is 11.6. The maximum atomic E-state index is 12.4. The van der Waals surface area contributed by atoms with E-state index in [9.17, 15) is 9.00 Å². The molecule has 12 heteroatoms. The molecular weight excluding hydrogens is 450 g/mol. The van der Waals surface area contributed by atoms with Gasteiger partial charge in [-0.05, 0) is 24.3 Å². The normalized spacial score (nSPS) is 16.8. The second-order valence-corrected chi connectivity index (χ2v) is 8.71. The SMILES string of the molecule is O=C(NO)[C@@H](CSc1ccccc1)NS(=O)ON1CCN(c2ccc(Cl)cn2)CC1. The fourth-order valence-corrected chi connectivity index (χ4v) is 4.68. The van der Waals surface area contributed by atoms with E-state index in [1.54, 1.807) is 22.8 Å². The molecule has 9 nitrogen and oxygen atoms in total. The van der Waals surface area contributed by atoms with Gasteiger partial charge in [-0.2, -0.15) is 14.1 Å². The van der Waals surface area contributed by atoms with Crippen molar-refractivity contribution in [2.75, 3.05) is 36.8 Å². The Morgan fingerprint density at radius 1 is 1.23 bits per heavy atom. The van der Waals surface area contributed by atoms with Crippen LogP contribution in [0.2, 0.25) is 5.02 Å². The minimum Gasteiger partial charge on any atom is -0.354 e. The number of hydroxylamine groups is 3. The standard InChI is InChI=1S/C18H22ClN5O4S2/c19-14-6-7-17(20-12-14)23-8-10-24(11-9-23)28-30(27)22-16(18(25)21-26)13-29-15-4-2-1-3-5-15/h1-7,12,16,22,26H,8-11,13H2,(H,21,25)/t16-,30?/m1/s1. The van der Waals surface area contributed by atoms with Gasteiger partial charge in [0.1, 0.15) is 11.9 Å². The number of pyridine rings is 1. The molecule has 3 N–H and O–H groups in total. The van der Waals surface area contributed by atoms with Gasteiger partial charge in [0.15, 0.2) is 0 Å². The number of carbonyl (C=O) groups excluding carboxylic acids is 1. The summed E-state index contributed by atoms with van der Waals surface area (Å²) >= 11 is 5.32. The fourth-order valence-electron chi connectivity index (χ4n) is 2.72. The predicted octanol–water partition coefficient (Wildman–Crippen LogP) is 1.62. The maximum absolute atomic E-state index is 12.4. The van der Waals surface area contributed by atoms with Crippen molar-refractivity contribution in [3.8, 4) is 0 Å². The second-order valence-electron chi connectivity index (χ2n) is 6.33. The number of thioether (sulfide) groups is 1. The van der Waals surface area contributed by atoms with Crippen LogP contribution < -0.4 is 15.1 Å². The van der Waals surface area contributed by atoms with E-state index in [1.807, 2.05) is 36.4 Å². The molecule has 2 atom stereocenters. The number of aromatic nitrogens is 1. The highest BCUT2D eigenvalue weighted by Gasteiger charge is 2.24. The number of rotatable bonds is 9. The van der Waals surface area contributed by atoms with Gasteiger partial charge >= 0.3 is 0 Å². The first-order chi connectivity index (χ1) is 14.5. The molecule has 0 spiro atoms. The number of carbonyl (C=O) groups is 1. The van der Waals surface area contributed by atoms with Crippen molar-refractivity contribution in [3.05, 3.63) is 53.7 Å². The van der Waals surface area contributed by atoms with Gasteiger partial charge in [0.05, 0.1) is 5.02 Å². The van der Waals surface area contributed by atoms with Gasteiger partial charge in [-0.25, -0.2) is 14.7 Å². The van der Waals surface area contributed by atoms with E-state index in [2.05, 4.69) is 14.6 Å². The van der Waals surface area contributed by atoms with Crippen LogP contribution in [0.3, 0.4) is 0 Å². The lowest BCUT2D eigenvalue weighted by molar-refractivity contribution is -0.130. The Bertz CT molecular complexity index is 838. The molecule has 1 unspecified atom stereocenters. The number of hydrogen-bond donors (Lipinski definition) is 3. The number of benzene rings is 1. The summed E-state index contributed by atoms with van der Waals surface area (Å²) in [5.41, 5.74) is 1.60. The minimum absolute atomic E-state index is 0.265. The monoisotopic (exact) mass is 471 g/mol. The highest BCUT2D eigenvalue weighted by Crippen LogP contribution is 2.19. The number of piperazine rings is 1. The Morgan fingerprint density at radius 3 is 2.60 bits per heavy atom. The molecule has 1 amide bonds. The first kappa shape index (κ1) is 22.9. The number of amides is 1. The van der Waals surface area contributed by atoms with Gasteiger partial charge in [0.25, 0.3) is 17.2 Å². The number of halogens is 1. The Kier molecular flexibility index (Phi) is 8.88. The van der Waals surface area contributed by atoms with Crippen LogP contribution >= 0.6 is 23.4 Å². The van der Waals surface area contributed by atoms with E-state index >= 15 is 0 Å². The first-order valence-corrected chi connectivity index (χ1v) is 11.6. The van der Waals surface area contributed by atoms with E-state index in [4.69, 9.17) is 21.1 Å². The van der Waals surface area contributed by atoms with E-state index < -0.39 is 23.2 Å². The van der Waals surface area contributed by atoms with Gasteiger partial charge in [-0.1, -0.05) is 29.8 Å². The largest absolute Gasteiger partial charge is 0.354 e. The summed E-state index contributed by atoms with van der Waals surface area (Å²) in [6, 6.07) is 12.2. The van der Waals surface area contributed by atoms with Crippen LogP contribution in [0.15, 0.2) is 53.6 Å². The van der Waals surface area contributed by atoms with Gasteiger partial charge in [-0.15, -0.1) is 11.8 Å². The van der Waals surface area contributed by atoms with Gasteiger partial charge in [0, 0.05) is 43.0 Å². The topological polar surface area (TPSA) is 107 Å². The Hall–Kier alpha value is -1.73. The number of anilines is 1. The number of nitrogens with zero attached hydrogens (tertiary/aromatic N) is 3. The van der Waals surface area contributed by atoms with Crippen LogP contribution in [-0.4, -0.2) is 63.3 Å². The van der Waals surface area contributed by atoms with Crippen LogP contribution in [0, 0.1) is 0 Å². The van der Waals surface area contributed by atoms with Crippen LogP contribution in [0.4, 0.5) is 5.82 Å². The molecule has 30 heavy (non-hydrogen) atoms. The minimum atomic E-state index is -1.95. The zero-order valence-electron chi connectivity index (χ0n) is 15.9. The number of hydrogen-bond acceptors (Lipinski definition) is 8. The van der Waals surface area contributed by atoms with Crippen LogP contribution in [0.1, 0.15) is 0 Å². The molecule has 0 bridgehead atoms. The average Bonchev–Trinajstić information content (AvgIpc) is 2.78. The highest BCUT2D eigenvalue weighted by molar-refractivity contribution is 7.99. The third-order valence-electron chi connectivity index (χ3n) is 4.27. The van der Waals surface area contributed by atoms with E-state index in [1.165, 1.54) is 11.8 Å². The summed E-state index contributed by atoms with van der Waals surface area (Å²) in [7, 11) is 0. The summed E-state index contributed by atoms with van der Waals surface area (Å²) in [4.78, 5) is 19.2. The smallest absolute Gasteiger partial charge is 0.262 e. The first-order valence-electron chi connectivity index (χ1n) is 9.15. The van der Waals surface area contributed by atoms with Crippen LogP contribution in [0.5, 0.6) is 0 Å². The van der Waals surface area contributed by atoms with Gasteiger partial charge in [-0.3, -0.25) is 10.0 Å². The fraction of sp³-hybridized carbons (Fsp3) is 0.333. The lowest BCUT2D eigenvalue weighted by Crippen LogP contribution is -2.50. The van der Waals surface area contributed by atoms with Crippen molar-refractivity contribution in [1.82, 2.24) is 20.2 Å². The van der Waals surface area contributed by atoms with Crippen molar-refractivity contribution >= 4 is 46.4 Å². The molecule has 1 aliphatic heterocycles. The summed E-state index contributed by atoms with van der Waals surface area (Å²) in [6.45, 7) is 2.28. The Morgan fingerprint density at radius 2 is 1.97 bits per heavy atom. The quantitative estimate of drug-likeness (QED) is 0.288.